The monoisotopic (exact) mass is 291 g/mol. The largest absolute Gasteiger partial charge is 0.478 e. The van der Waals surface area contributed by atoms with E-state index < -0.39 is 21.8 Å². The summed E-state index contributed by atoms with van der Waals surface area (Å²) in [5.74, 6) is -4.70. The van der Waals surface area contributed by atoms with Crippen LogP contribution in [0.3, 0.4) is 0 Å². The number of hydrogen-bond acceptors (Lipinski definition) is 3. The number of rotatable bonds is 5. The van der Waals surface area contributed by atoms with E-state index in [1.807, 2.05) is 0 Å². The quantitative estimate of drug-likeness (QED) is 0.813. The first-order chi connectivity index (χ1) is 8.72. The summed E-state index contributed by atoms with van der Waals surface area (Å²) in [4.78, 5) is 10.4. The molecule has 0 saturated heterocycles. The number of sulfonamides is 1. The van der Waals surface area contributed by atoms with Crippen LogP contribution in [-0.2, 0) is 14.8 Å². The topological polar surface area (TPSA) is 83.5 Å². The number of anilines is 1. The van der Waals surface area contributed by atoms with Crippen LogP contribution in [0, 0.1) is 6.92 Å². The summed E-state index contributed by atoms with van der Waals surface area (Å²) < 4.78 is 48.1. The lowest BCUT2D eigenvalue weighted by Gasteiger charge is -2.09. The molecule has 2 N–H and O–H groups in total. The lowest BCUT2D eigenvalue weighted by atomic mass is 10.1. The summed E-state index contributed by atoms with van der Waals surface area (Å²) in [6.45, 7) is 1.67. The SMILES string of the molecule is Cc1ccc(NS(=O)(=O)C(F)F)cc1C=CC(=O)O. The van der Waals surface area contributed by atoms with Gasteiger partial charge in [-0.2, -0.15) is 8.78 Å². The molecule has 1 aromatic carbocycles. The second kappa shape index (κ2) is 5.79. The maximum Gasteiger partial charge on any atom is 0.355 e. The molecule has 104 valence electrons. The molecule has 0 aliphatic heterocycles. The minimum absolute atomic E-state index is 0.0593. The lowest BCUT2D eigenvalue weighted by Crippen LogP contribution is -2.20. The van der Waals surface area contributed by atoms with Crippen molar-refractivity contribution in [1.29, 1.82) is 0 Å². The number of nitrogens with one attached hydrogen (secondary N) is 1. The van der Waals surface area contributed by atoms with E-state index in [0.717, 1.165) is 6.08 Å². The lowest BCUT2D eigenvalue weighted by molar-refractivity contribution is -0.131. The van der Waals surface area contributed by atoms with Gasteiger partial charge in [0.2, 0.25) is 0 Å². The number of carboxylic acids is 1. The van der Waals surface area contributed by atoms with Crippen LogP contribution in [0.2, 0.25) is 0 Å². The molecule has 0 fully saturated rings. The van der Waals surface area contributed by atoms with Gasteiger partial charge in [-0.15, -0.1) is 0 Å². The average Bonchev–Trinajstić information content (AvgIpc) is 2.29. The average molecular weight is 291 g/mol. The van der Waals surface area contributed by atoms with Crippen LogP contribution in [0.4, 0.5) is 14.5 Å². The molecule has 1 aromatic rings. The second-order valence-corrected chi connectivity index (χ2v) is 5.30. The first-order valence-corrected chi connectivity index (χ1v) is 6.58. The Morgan fingerprint density at radius 3 is 2.58 bits per heavy atom. The van der Waals surface area contributed by atoms with E-state index in [2.05, 4.69) is 0 Å². The van der Waals surface area contributed by atoms with Crippen LogP contribution in [0.5, 0.6) is 0 Å². The third kappa shape index (κ3) is 4.32. The highest BCUT2D eigenvalue weighted by molar-refractivity contribution is 7.93. The summed E-state index contributed by atoms with van der Waals surface area (Å²) in [5.41, 5.74) is 1.03. The van der Waals surface area contributed by atoms with E-state index in [9.17, 15) is 22.0 Å². The van der Waals surface area contributed by atoms with Gasteiger partial charge in [0, 0.05) is 11.8 Å². The molecule has 0 amide bonds. The Kier molecular flexibility index (Phi) is 4.60. The fourth-order valence-electron chi connectivity index (χ4n) is 1.25. The minimum atomic E-state index is -4.74. The van der Waals surface area contributed by atoms with E-state index in [4.69, 9.17) is 5.11 Å². The van der Waals surface area contributed by atoms with Gasteiger partial charge >= 0.3 is 11.7 Å². The molecule has 8 heteroatoms. The highest BCUT2D eigenvalue weighted by Crippen LogP contribution is 2.19. The Labute approximate surface area is 108 Å². The molecule has 0 aliphatic carbocycles. The van der Waals surface area contributed by atoms with Crippen LogP contribution in [0.15, 0.2) is 24.3 Å². The number of hydrogen-bond donors (Lipinski definition) is 2. The van der Waals surface area contributed by atoms with E-state index in [1.54, 1.807) is 11.6 Å². The molecule has 0 spiro atoms. The van der Waals surface area contributed by atoms with E-state index in [0.29, 0.717) is 11.1 Å². The molecular weight excluding hydrogens is 280 g/mol. The molecule has 0 aliphatic rings. The zero-order valence-corrected chi connectivity index (χ0v) is 10.6. The van der Waals surface area contributed by atoms with Crippen molar-refractivity contribution in [3.05, 3.63) is 35.4 Å². The van der Waals surface area contributed by atoms with Crippen molar-refractivity contribution in [3.8, 4) is 0 Å². The van der Waals surface area contributed by atoms with Crippen molar-refractivity contribution in [2.45, 2.75) is 12.7 Å². The molecule has 0 radical (unpaired) electrons. The van der Waals surface area contributed by atoms with Crippen LogP contribution < -0.4 is 4.72 Å². The first-order valence-electron chi connectivity index (χ1n) is 5.04. The van der Waals surface area contributed by atoms with Crippen LogP contribution in [-0.4, -0.2) is 25.3 Å². The van der Waals surface area contributed by atoms with Crippen LogP contribution in [0.1, 0.15) is 11.1 Å². The number of benzene rings is 1. The number of halogens is 2. The normalized spacial score (nSPS) is 12.0. The Morgan fingerprint density at radius 2 is 2.05 bits per heavy atom. The molecule has 0 atom stereocenters. The molecule has 0 heterocycles. The highest BCUT2D eigenvalue weighted by Gasteiger charge is 2.23. The summed E-state index contributed by atoms with van der Waals surface area (Å²) in [7, 11) is -4.74. The van der Waals surface area contributed by atoms with Gasteiger partial charge in [0.25, 0.3) is 10.0 Å². The summed E-state index contributed by atoms with van der Waals surface area (Å²) >= 11 is 0. The zero-order valence-electron chi connectivity index (χ0n) is 9.80. The van der Waals surface area contributed by atoms with Crippen molar-refractivity contribution in [3.63, 3.8) is 0 Å². The van der Waals surface area contributed by atoms with E-state index in [1.165, 1.54) is 24.3 Å². The van der Waals surface area contributed by atoms with Crippen LogP contribution >= 0.6 is 0 Å². The minimum Gasteiger partial charge on any atom is -0.478 e. The van der Waals surface area contributed by atoms with Gasteiger partial charge in [-0.3, -0.25) is 4.72 Å². The molecule has 0 unspecified atom stereocenters. The molecule has 19 heavy (non-hydrogen) atoms. The van der Waals surface area contributed by atoms with Gasteiger partial charge < -0.3 is 5.11 Å². The third-order valence-electron chi connectivity index (χ3n) is 2.18. The van der Waals surface area contributed by atoms with Gasteiger partial charge in [-0.05, 0) is 36.3 Å². The number of aliphatic carboxylic acids is 1. The van der Waals surface area contributed by atoms with Crippen molar-refractivity contribution < 1.29 is 27.1 Å². The van der Waals surface area contributed by atoms with Gasteiger partial charge in [-0.1, -0.05) is 6.07 Å². The predicted molar refractivity (Wildman–Crippen MR) is 66.4 cm³/mol. The van der Waals surface area contributed by atoms with Gasteiger partial charge in [-0.25, -0.2) is 13.2 Å². The number of carbonyl (C=O) groups is 1. The Hall–Kier alpha value is -1.96. The molecule has 0 saturated carbocycles. The number of aryl methyl sites for hydroxylation is 1. The predicted octanol–water partition coefficient (Wildman–Crippen LogP) is 2.06. The summed E-state index contributed by atoms with van der Waals surface area (Å²) in [6, 6.07) is 4.08. The van der Waals surface area contributed by atoms with E-state index >= 15 is 0 Å². The Balaban J connectivity index is 3.07. The maximum absolute atomic E-state index is 12.2. The van der Waals surface area contributed by atoms with Gasteiger partial charge in [0.15, 0.2) is 0 Å². The maximum atomic E-state index is 12.2. The van der Waals surface area contributed by atoms with Crippen molar-refractivity contribution in [2.24, 2.45) is 0 Å². The molecule has 5 nitrogen and oxygen atoms in total. The summed E-state index contributed by atoms with van der Waals surface area (Å²) in [5, 5.41) is 8.50. The fourth-order valence-corrected chi connectivity index (χ4v) is 1.80. The fraction of sp³-hybridized carbons (Fsp3) is 0.182. The second-order valence-electron chi connectivity index (χ2n) is 3.65. The van der Waals surface area contributed by atoms with Gasteiger partial charge in [0.1, 0.15) is 0 Å². The number of carboxylic acid groups (broad SMARTS) is 1. The summed E-state index contributed by atoms with van der Waals surface area (Å²) in [6.07, 6.45) is 2.12. The van der Waals surface area contributed by atoms with Gasteiger partial charge in [0.05, 0.1) is 0 Å². The standard InChI is InChI=1S/C11H11F2NO4S/c1-7-2-4-9(14-19(17,18)11(12)13)6-8(7)3-5-10(15)16/h2-6,11,14H,1H3,(H,15,16). The smallest absolute Gasteiger partial charge is 0.355 e. The van der Waals surface area contributed by atoms with Crippen molar-refractivity contribution >= 4 is 27.8 Å². The highest BCUT2D eigenvalue weighted by atomic mass is 32.2. The molecule has 0 bridgehead atoms. The van der Waals surface area contributed by atoms with Crippen molar-refractivity contribution in [1.82, 2.24) is 0 Å². The van der Waals surface area contributed by atoms with E-state index in [-0.39, 0.29) is 5.69 Å². The molecule has 1 rings (SSSR count). The molecular formula is C11H11F2NO4S. The zero-order chi connectivity index (χ0) is 14.6. The first kappa shape index (κ1) is 15.1. The number of alkyl halides is 2. The van der Waals surface area contributed by atoms with Crippen LogP contribution in [0.25, 0.3) is 6.08 Å². The Bertz CT molecular complexity index is 611. The molecule has 0 aromatic heterocycles. The third-order valence-corrected chi connectivity index (χ3v) is 3.17. The Morgan fingerprint density at radius 1 is 1.42 bits per heavy atom. The van der Waals surface area contributed by atoms with Crippen molar-refractivity contribution in [2.75, 3.05) is 4.72 Å².